The molecule has 2 aromatic carbocycles. The van der Waals surface area contributed by atoms with E-state index in [1.165, 1.54) is 6.07 Å². The van der Waals surface area contributed by atoms with E-state index in [0.29, 0.717) is 11.4 Å². The van der Waals surface area contributed by atoms with Crippen molar-refractivity contribution in [2.24, 2.45) is 0 Å². The molecular formula is C15H11ClFN3. The van der Waals surface area contributed by atoms with Crippen molar-refractivity contribution in [3.63, 3.8) is 0 Å². The quantitative estimate of drug-likeness (QED) is 0.689. The first-order valence-electron chi connectivity index (χ1n) is 6.00. The summed E-state index contributed by atoms with van der Waals surface area (Å²) in [4.78, 5) is 4.05. The van der Waals surface area contributed by atoms with E-state index in [9.17, 15) is 4.39 Å². The molecule has 3 nitrogen and oxygen atoms in total. The molecule has 3 N–H and O–H groups in total. The molecule has 3 rings (SSSR count). The topological polar surface area (TPSA) is 50.9 Å². The molecule has 1 aromatic heterocycles. The fourth-order valence-electron chi connectivity index (χ4n) is 2.07. The summed E-state index contributed by atoms with van der Waals surface area (Å²) >= 11 is 5.78. The number of nitrogen functional groups attached to an aromatic ring is 1. The third-order valence-electron chi connectivity index (χ3n) is 3.07. The summed E-state index contributed by atoms with van der Waals surface area (Å²) in [5.41, 5.74) is 7.61. The molecular weight excluding hydrogens is 277 g/mol. The second kappa shape index (κ2) is 4.98. The molecule has 1 heterocycles. The van der Waals surface area contributed by atoms with Gasteiger partial charge in [-0.05, 0) is 30.3 Å². The second-order valence-corrected chi connectivity index (χ2v) is 4.76. The van der Waals surface area contributed by atoms with Crippen LogP contribution < -0.4 is 11.1 Å². The highest BCUT2D eigenvalue weighted by Crippen LogP contribution is 2.31. The highest BCUT2D eigenvalue weighted by atomic mass is 35.5. The SMILES string of the molecule is Nc1ccc(Nc2cccc(Cl)c2F)c2ccncc12. The van der Waals surface area contributed by atoms with Gasteiger partial charge in [-0.1, -0.05) is 17.7 Å². The van der Waals surface area contributed by atoms with Gasteiger partial charge in [-0.2, -0.15) is 0 Å². The zero-order valence-corrected chi connectivity index (χ0v) is 11.2. The van der Waals surface area contributed by atoms with Crippen LogP contribution in [-0.4, -0.2) is 4.98 Å². The number of hydrogen-bond acceptors (Lipinski definition) is 3. The number of nitrogens with one attached hydrogen (secondary N) is 1. The van der Waals surface area contributed by atoms with Crippen molar-refractivity contribution in [2.45, 2.75) is 0 Å². The number of nitrogens with zero attached hydrogens (tertiary/aromatic N) is 1. The van der Waals surface area contributed by atoms with Gasteiger partial charge in [-0.25, -0.2) is 4.39 Å². The summed E-state index contributed by atoms with van der Waals surface area (Å²) in [5, 5.41) is 4.81. The van der Waals surface area contributed by atoms with Crippen LogP contribution in [-0.2, 0) is 0 Å². The van der Waals surface area contributed by atoms with Crippen LogP contribution in [0.1, 0.15) is 0 Å². The Hall–Kier alpha value is -2.33. The predicted octanol–water partition coefficient (Wildman–Crippen LogP) is 4.35. The summed E-state index contributed by atoms with van der Waals surface area (Å²) < 4.78 is 13.9. The molecule has 0 aliphatic carbocycles. The molecule has 100 valence electrons. The van der Waals surface area contributed by atoms with Crippen LogP contribution in [0.15, 0.2) is 48.8 Å². The summed E-state index contributed by atoms with van der Waals surface area (Å²) in [5.74, 6) is -0.479. The fraction of sp³-hybridized carbons (Fsp3) is 0. The number of pyridine rings is 1. The molecule has 0 aliphatic heterocycles. The fourth-order valence-corrected chi connectivity index (χ4v) is 2.24. The van der Waals surface area contributed by atoms with E-state index in [4.69, 9.17) is 17.3 Å². The van der Waals surface area contributed by atoms with E-state index < -0.39 is 5.82 Å². The van der Waals surface area contributed by atoms with Crippen molar-refractivity contribution in [2.75, 3.05) is 11.1 Å². The van der Waals surface area contributed by atoms with Gasteiger partial charge in [0.25, 0.3) is 0 Å². The highest BCUT2D eigenvalue weighted by Gasteiger charge is 2.09. The number of nitrogens with two attached hydrogens (primary N) is 1. The average molecular weight is 288 g/mol. The minimum atomic E-state index is -0.479. The van der Waals surface area contributed by atoms with Crippen LogP contribution in [0.2, 0.25) is 5.02 Å². The monoisotopic (exact) mass is 287 g/mol. The maximum atomic E-state index is 13.9. The number of aromatic nitrogens is 1. The molecule has 0 bridgehead atoms. The van der Waals surface area contributed by atoms with Crippen LogP contribution >= 0.6 is 11.6 Å². The molecule has 0 unspecified atom stereocenters. The lowest BCUT2D eigenvalue weighted by atomic mass is 10.1. The van der Waals surface area contributed by atoms with Gasteiger partial charge in [-0.15, -0.1) is 0 Å². The lowest BCUT2D eigenvalue weighted by Gasteiger charge is -2.12. The molecule has 0 saturated heterocycles. The summed E-state index contributed by atoms with van der Waals surface area (Å²) in [6, 6.07) is 10.2. The molecule has 0 amide bonds. The maximum absolute atomic E-state index is 13.9. The predicted molar refractivity (Wildman–Crippen MR) is 80.8 cm³/mol. The van der Waals surface area contributed by atoms with E-state index in [-0.39, 0.29) is 5.02 Å². The Morgan fingerprint density at radius 2 is 1.90 bits per heavy atom. The van der Waals surface area contributed by atoms with Crippen molar-refractivity contribution < 1.29 is 4.39 Å². The molecule has 0 fully saturated rings. The zero-order valence-electron chi connectivity index (χ0n) is 10.4. The first-order chi connectivity index (χ1) is 9.66. The van der Waals surface area contributed by atoms with Gasteiger partial charge in [0, 0.05) is 34.5 Å². The van der Waals surface area contributed by atoms with E-state index in [1.807, 2.05) is 6.07 Å². The Morgan fingerprint density at radius 3 is 2.75 bits per heavy atom. The van der Waals surface area contributed by atoms with Gasteiger partial charge >= 0.3 is 0 Å². The van der Waals surface area contributed by atoms with Crippen molar-refractivity contribution in [1.82, 2.24) is 4.98 Å². The van der Waals surface area contributed by atoms with E-state index in [2.05, 4.69) is 10.3 Å². The third-order valence-corrected chi connectivity index (χ3v) is 3.36. The Bertz CT molecular complexity index is 789. The number of halogens is 2. The van der Waals surface area contributed by atoms with Gasteiger partial charge in [0.05, 0.1) is 10.7 Å². The molecule has 0 aliphatic rings. The summed E-state index contributed by atoms with van der Waals surface area (Å²) in [7, 11) is 0. The van der Waals surface area contributed by atoms with Crippen LogP contribution in [0.4, 0.5) is 21.5 Å². The Morgan fingerprint density at radius 1 is 1.05 bits per heavy atom. The Labute approximate surface area is 120 Å². The Kier molecular flexibility index (Phi) is 3.16. The summed E-state index contributed by atoms with van der Waals surface area (Å²) in [6.07, 6.45) is 3.35. The molecule has 0 atom stereocenters. The minimum absolute atomic E-state index is 0.0800. The van der Waals surface area contributed by atoms with Crippen molar-refractivity contribution in [3.05, 3.63) is 59.6 Å². The van der Waals surface area contributed by atoms with E-state index in [1.54, 1.807) is 36.7 Å². The molecule has 0 spiro atoms. The number of fused-ring (bicyclic) bond motifs is 1. The molecule has 5 heteroatoms. The standard InChI is InChI=1S/C15H11ClFN3/c16-11-2-1-3-14(15(11)17)20-13-5-4-12(18)10-8-19-7-6-9(10)13/h1-8,20H,18H2. The van der Waals surface area contributed by atoms with Crippen LogP contribution in [0.5, 0.6) is 0 Å². The number of rotatable bonds is 2. The number of anilines is 3. The first-order valence-corrected chi connectivity index (χ1v) is 6.38. The lowest BCUT2D eigenvalue weighted by Crippen LogP contribution is -1.97. The van der Waals surface area contributed by atoms with Crippen LogP contribution in [0, 0.1) is 5.82 Å². The minimum Gasteiger partial charge on any atom is -0.398 e. The molecule has 0 saturated carbocycles. The lowest BCUT2D eigenvalue weighted by molar-refractivity contribution is 0.632. The average Bonchev–Trinajstić information content (AvgIpc) is 2.47. The smallest absolute Gasteiger partial charge is 0.165 e. The summed E-state index contributed by atoms with van der Waals surface area (Å²) in [6.45, 7) is 0. The number of hydrogen-bond donors (Lipinski definition) is 2. The van der Waals surface area contributed by atoms with Gasteiger partial charge in [0.15, 0.2) is 5.82 Å². The van der Waals surface area contributed by atoms with Gasteiger partial charge in [0.2, 0.25) is 0 Å². The highest BCUT2D eigenvalue weighted by molar-refractivity contribution is 6.31. The molecule has 3 aromatic rings. The number of benzene rings is 2. The second-order valence-electron chi connectivity index (χ2n) is 4.35. The van der Waals surface area contributed by atoms with Crippen molar-refractivity contribution in [3.8, 4) is 0 Å². The first kappa shape index (κ1) is 12.7. The van der Waals surface area contributed by atoms with E-state index in [0.717, 1.165) is 16.5 Å². The van der Waals surface area contributed by atoms with Gasteiger partial charge in [0.1, 0.15) is 0 Å². The normalized spacial score (nSPS) is 10.7. The third kappa shape index (κ3) is 2.14. The van der Waals surface area contributed by atoms with Crippen molar-refractivity contribution in [1.29, 1.82) is 0 Å². The van der Waals surface area contributed by atoms with Crippen molar-refractivity contribution >= 4 is 39.4 Å². The van der Waals surface area contributed by atoms with Crippen LogP contribution in [0.25, 0.3) is 10.8 Å². The van der Waals surface area contributed by atoms with Crippen LogP contribution in [0.3, 0.4) is 0 Å². The molecule has 20 heavy (non-hydrogen) atoms. The zero-order chi connectivity index (χ0) is 14.1. The van der Waals surface area contributed by atoms with Gasteiger partial charge in [-0.3, -0.25) is 4.98 Å². The largest absolute Gasteiger partial charge is 0.398 e. The Balaban J connectivity index is 2.12. The molecule has 0 radical (unpaired) electrons. The van der Waals surface area contributed by atoms with Gasteiger partial charge < -0.3 is 11.1 Å². The maximum Gasteiger partial charge on any atom is 0.165 e. The van der Waals surface area contributed by atoms with E-state index >= 15 is 0 Å².